The Kier molecular flexibility index (Phi) is 6.59. The van der Waals surface area contributed by atoms with Crippen LogP contribution >= 0.6 is 23.2 Å². The SMILES string of the molecule is C[C@@H](C(=O)NC1CCN(C)CC1)N(c1cc(Cl)cc(Cl)c1)S(C)(=O)=O. The van der Waals surface area contributed by atoms with E-state index in [1.807, 2.05) is 7.05 Å². The lowest BCUT2D eigenvalue weighted by molar-refractivity contribution is -0.122. The maximum absolute atomic E-state index is 12.6. The van der Waals surface area contributed by atoms with Crippen LogP contribution in [0.4, 0.5) is 5.69 Å². The molecule has 1 aliphatic heterocycles. The van der Waals surface area contributed by atoms with Gasteiger partial charge in [-0.1, -0.05) is 23.2 Å². The first-order chi connectivity index (χ1) is 11.6. The number of carbonyl (C=O) groups is 1. The maximum atomic E-state index is 12.6. The zero-order valence-electron chi connectivity index (χ0n) is 14.5. The van der Waals surface area contributed by atoms with Gasteiger partial charge in [-0.15, -0.1) is 0 Å². The van der Waals surface area contributed by atoms with Crippen molar-refractivity contribution in [1.82, 2.24) is 10.2 Å². The average Bonchev–Trinajstić information content (AvgIpc) is 2.47. The number of amides is 1. The van der Waals surface area contributed by atoms with Crippen molar-refractivity contribution in [2.45, 2.75) is 31.8 Å². The van der Waals surface area contributed by atoms with Crippen molar-refractivity contribution in [1.29, 1.82) is 0 Å². The van der Waals surface area contributed by atoms with Crippen molar-refractivity contribution in [2.75, 3.05) is 30.7 Å². The van der Waals surface area contributed by atoms with Crippen LogP contribution in [-0.4, -0.2) is 57.7 Å². The molecule has 0 spiro atoms. The van der Waals surface area contributed by atoms with Crippen LogP contribution in [0.5, 0.6) is 0 Å². The molecule has 0 saturated carbocycles. The number of halogens is 2. The molecule has 1 aromatic carbocycles. The molecule has 6 nitrogen and oxygen atoms in total. The predicted molar refractivity (Wildman–Crippen MR) is 102 cm³/mol. The Morgan fingerprint density at radius 2 is 1.76 bits per heavy atom. The number of nitrogens with zero attached hydrogens (tertiary/aromatic N) is 2. The number of hydrogen-bond acceptors (Lipinski definition) is 4. The number of anilines is 1. The number of carbonyl (C=O) groups excluding carboxylic acids is 1. The fourth-order valence-corrected chi connectivity index (χ4v) is 4.62. The molecule has 0 bridgehead atoms. The highest BCUT2D eigenvalue weighted by Gasteiger charge is 2.31. The van der Waals surface area contributed by atoms with E-state index in [-0.39, 0.29) is 17.6 Å². The van der Waals surface area contributed by atoms with Crippen molar-refractivity contribution in [3.8, 4) is 0 Å². The molecule has 0 unspecified atom stereocenters. The second kappa shape index (κ2) is 8.12. The zero-order chi connectivity index (χ0) is 18.8. The van der Waals surface area contributed by atoms with E-state index in [9.17, 15) is 13.2 Å². The Morgan fingerprint density at radius 1 is 1.24 bits per heavy atom. The molecule has 0 radical (unpaired) electrons. The second-order valence-electron chi connectivity index (χ2n) is 6.45. The van der Waals surface area contributed by atoms with Gasteiger partial charge in [0, 0.05) is 16.1 Å². The zero-order valence-corrected chi connectivity index (χ0v) is 16.8. The van der Waals surface area contributed by atoms with Crippen LogP contribution in [0.1, 0.15) is 19.8 Å². The first-order valence-corrected chi connectivity index (χ1v) is 10.6. The first-order valence-electron chi connectivity index (χ1n) is 8.02. The molecule has 1 amide bonds. The predicted octanol–water partition coefficient (Wildman–Crippen LogP) is 2.36. The normalized spacial score (nSPS) is 18.0. The number of rotatable bonds is 5. The molecule has 1 aromatic rings. The molecule has 1 heterocycles. The molecule has 2 rings (SSSR count). The minimum atomic E-state index is -3.70. The standard InChI is InChI=1S/C16H23Cl2N3O3S/c1-11(16(22)19-14-4-6-20(2)7-5-14)21(25(3,23)24)15-9-12(17)8-13(18)10-15/h8-11,14H,4-7H2,1-3H3,(H,19,22)/t11-/m0/s1. The van der Waals surface area contributed by atoms with Crippen LogP contribution in [0.3, 0.4) is 0 Å². The van der Waals surface area contributed by atoms with E-state index in [1.54, 1.807) is 6.92 Å². The van der Waals surface area contributed by atoms with Crippen LogP contribution < -0.4 is 9.62 Å². The van der Waals surface area contributed by atoms with Gasteiger partial charge in [0.2, 0.25) is 15.9 Å². The molecular formula is C16H23Cl2N3O3S. The largest absolute Gasteiger partial charge is 0.351 e. The topological polar surface area (TPSA) is 69.7 Å². The quantitative estimate of drug-likeness (QED) is 0.812. The second-order valence-corrected chi connectivity index (χ2v) is 9.18. The summed E-state index contributed by atoms with van der Waals surface area (Å²) in [7, 11) is -1.66. The Bertz CT molecular complexity index is 714. The summed E-state index contributed by atoms with van der Waals surface area (Å²) in [5.41, 5.74) is 0.269. The summed E-state index contributed by atoms with van der Waals surface area (Å²) in [5.74, 6) is -0.337. The van der Waals surface area contributed by atoms with Gasteiger partial charge in [0.15, 0.2) is 0 Å². The van der Waals surface area contributed by atoms with Crippen LogP contribution in [0.2, 0.25) is 10.0 Å². The van der Waals surface area contributed by atoms with Gasteiger partial charge < -0.3 is 10.2 Å². The highest BCUT2D eigenvalue weighted by molar-refractivity contribution is 7.92. The average molecular weight is 408 g/mol. The fraction of sp³-hybridized carbons (Fsp3) is 0.562. The fourth-order valence-electron chi connectivity index (χ4n) is 2.95. The summed E-state index contributed by atoms with van der Waals surface area (Å²) < 4.78 is 25.6. The molecule has 0 aliphatic carbocycles. The van der Waals surface area contributed by atoms with Crippen molar-refractivity contribution in [3.63, 3.8) is 0 Å². The van der Waals surface area contributed by atoms with E-state index in [2.05, 4.69) is 10.2 Å². The lowest BCUT2D eigenvalue weighted by atomic mass is 10.1. The van der Waals surface area contributed by atoms with Crippen molar-refractivity contribution in [3.05, 3.63) is 28.2 Å². The van der Waals surface area contributed by atoms with E-state index >= 15 is 0 Å². The number of hydrogen-bond donors (Lipinski definition) is 1. The number of piperidine rings is 1. The Hall–Kier alpha value is -1.02. The third kappa shape index (κ3) is 5.48. The molecule has 1 fully saturated rings. The first kappa shape index (κ1) is 20.3. The number of benzene rings is 1. The third-order valence-corrected chi connectivity index (χ3v) is 5.93. The lowest BCUT2D eigenvalue weighted by Crippen LogP contribution is -2.52. The van der Waals surface area contributed by atoms with E-state index in [0.29, 0.717) is 10.0 Å². The minimum absolute atomic E-state index is 0.0514. The highest BCUT2D eigenvalue weighted by atomic mass is 35.5. The Morgan fingerprint density at radius 3 is 2.24 bits per heavy atom. The van der Waals surface area contributed by atoms with Crippen LogP contribution in [0.15, 0.2) is 18.2 Å². The number of nitrogens with one attached hydrogen (secondary N) is 1. The summed E-state index contributed by atoms with van der Waals surface area (Å²) in [6.45, 7) is 3.36. The van der Waals surface area contributed by atoms with Gasteiger partial charge in [0.05, 0.1) is 11.9 Å². The van der Waals surface area contributed by atoms with E-state index in [1.165, 1.54) is 18.2 Å². The van der Waals surface area contributed by atoms with E-state index in [4.69, 9.17) is 23.2 Å². The van der Waals surface area contributed by atoms with Crippen LogP contribution in [-0.2, 0) is 14.8 Å². The maximum Gasteiger partial charge on any atom is 0.243 e. The summed E-state index contributed by atoms with van der Waals surface area (Å²) in [6, 6.07) is 3.61. The molecule has 25 heavy (non-hydrogen) atoms. The van der Waals surface area contributed by atoms with Gasteiger partial charge >= 0.3 is 0 Å². The Labute approximate surface area is 159 Å². The van der Waals surface area contributed by atoms with Gasteiger partial charge in [-0.3, -0.25) is 9.10 Å². The van der Waals surface area contributed by atoms with E-state index < -0.39 is 16.1 Å². The summed E-state index contributed by atoms with van der Waals surface area (Å²) >= 11 is 12.0. The van der Waals surface area contributed by atoms with Gasteiger partial charge in [-0.25, -0.2) is 8.42 Å². The van der Waals surface area contributed by atoms with Crippen LogP contribution in [0, 0.1) is 0 Å². The molecule has 9 heteroatoms. The van der Waals surface area contributed by atoms with E-state index in [0.717, 1.165) is 36.5 Å². The molecule has 1 atom stereocenters. The van der Waals surface area contributed by atoms with Gasteiger partial charge in [-0.05, 0) is 58.1 Å². The molecule has 0 aromatic heterocycles. The number of likely N-dealkylation sites (tertiary alicyclic amines) is 1. The summed E-state index contributed by atoms with van der Waals surface area (Å²) in [6.07, 6.45) is 2.74. The summed E-state index contributed by atoms with van der Waals surface area (Å²) in [4.78, 5) is 14.8. The number of sulfonamides is 1. The monoisotopic (exact) mass is 407 g/mol. The molecule has 1 saturated heterocycles. The smallest absolute Gasteiger partial charge is 0.243 e. The van der Waals surface area contributed by atoms with Gasteiger partial charge in [0.1, 0.15) is 6.04 Å². The highest BCUT2D eigenvalue weighted by Crippen LogP contribution is 2.28. The molecule has 1 aliphatic rings. The van der Waals surface area contributed by atoms with Crippen molar-refractivity contribution >= 4 is 44.8 Å². The molecule has 140 valence electrons. The molecular weight excluding hydrogens is 385 g/mol. The van der Waals surface area contributed by atoms with Crippen molar-refractivity contribution in [2.24, 2.45) is 0 Å². The van der Waals surface area contributed by atoms with Gasteiger partial charge in [0.25, 0.3) is 0 Å². The Balaban J connectivity index is 2.21. The summed E-state index contributed by atoms with van der Waals surface area (Å²) in [5, 5.41) is 3.56. The van der Waals surface area contributed by atoms with Gasteiger partial charge in [-0.2, -0.15) is 0 Å². The lowest BCUT2D eigenvalue weighted by Gasteiger charge is -2.33. The van der Waals surface area contributed by atoms with Crippen molar-refractivity contribution < 1.29 is 13.2 Å². The van der Waals surface area contributed by atoms with Crippen LogP contribution in [0.25, 0.3) is 0 Å². The third-order valence-electron chi connectivity index (χ3n) is 4.26. The molecule has 1 N–H and O–H groups in total. The minimum Gasteiger partial charge on any atom is -0.351 e.